The van der Waals surface area contributed by atoms with E-state index in [2.05, 4.69) is 0 Å². The predicted molar refractivity (Wildman–Crippen MR) is 69.6 cm³/mol. The molecule has 1 aromatic carbocycles. The third-order valence-corrected chi connectivity index (χ3v) is 4.35. The second-order valence-electron chi connectivity index (χ2n) is 4.30. The van der Waals surface area contributed by atoms with Crippen LogP contribution in [0.25, 0.3) is 0 Å². The molecule has 20 heavy (non-hydrogen) atoms. The largest absolute Gasteiger partial charge is 0.548 e. The molecule has 106 valence electrons. The van der Waals surface area contributed by atoms with Crippen molar-refractivity contribution < 1.29 is 19.6 Å². The molecule has 1 fully saturated rings. The van der Waals surface area contributed by atoms with Gasteiger partial charge in [-0.25, -0.2) is 0 Å². The number of non-ortho nitro benzene ring substituents is 1. The summed E-state index contributed by atoms with van der Waals surface area (Å²) in [5.41, 5.74) is 0.599. The van der Waals surface area contributed by atoms with Gasteiger partial charge in [0.2, 0.25) is 5.91 Å². The van der Waals surface area contributed by atoms with E-state index < -0.39 is 22.3 Å². The van der Waals surface area contributed by atoms with Crippen LogP contribution in [0.4, 0.5) is 5.69 Å². The molecule has 8 heteroatoms. The highest BCUT2D eigenvalue weighted by atomic mass is 32.2. The first kappa shape index (κ1) is 14.3. The van der Waals surface area contributed by atoms with Gasteiger partial charge in [-0.15, -0.1) is 11.8 Å². The van der Waals surface area contributed by atoms with E-state index in [1.165, 1.54) is 47.9 Å². The minimum Gasteiger partial charge on any atom is -0.548 e. The van der Waals surface area contributed by atoms with E-state index in [0.29, 0.717) is 5.56 Å². The number of hydrogen-bond donors (Lipinski definition) is 0. The number of amides is 1. The maximum absolute atomic E-state index is 11.6. The first-order valence-corrected chi connectivity index (χ1v) is 6.82. The van der Waals surface area contributed by atoms with Gasteiger partial charge in [-0.05, 0) is 17.7 Å². The summed E-state index contributed by atoms with van der Waals surface area (Å²) in [5, 5.41) is 21.2. The molecule has 1 aromatic rings. The van der Waals surface area contributed by atoms with Crippen molar-refractivity contribution in [3.8, 4) is 0 Å². The number of benzene rings is 1. The second kappa shape index (κ2) is 5.49. The Kier molecular flexibility index (Phi) is 3.93. The Morgan fingerprint density at radius 3 is 2.40 bits per heavy atom. The van der Waals surface area contributed by atoms with E-state index in [4.69, 9.17) is 0 Å². The molecule has 0 aliphatic carbocycles. The number of hydrogen-bond acceptors (Lipinski definition) is 6. The quantitative estimate of drug-likeness (QED) is 0.587. The van der Waals surface area contributed by atoms with E-state index in [1.807, 2.05) is 0 Å². The number of rotatable bonds is 3. The van der Waals surface area contributed by atoms with Crippen molar-refractivity contribution in [1.29, 1.82) is 0 Å². The van der Waals surface area contributed by atoms with Gasteiger partial charge in [-0.2, -0.15) is 0 Å². The Balaban J connectivity index is 2.29. The molecule has 0 saturated carbocycles. The molecule has 1 aliphatic heterocycles. The lowest BCUT2D eigenvalue weighted by atomic mass is 10.1. The number of carboxylic acid groups (broad SMARTS) is 1. The van der Waals surface area contributed by atoms with Crippen LogP contribution in [0.2, 0.25) is 0 Å². The Labute approximate surface area is 118 Å². The van der Waals surface area contributed by atoms with Crippen LogP contribution in [0.1, 0.15) is 17.9 Å². The first-order valence-electron chi connectivity index (χ1n) is 5.77. The number of carbonyl (C=O) groups excluding carboxylic acids is 2. The first-order chi connectivity index (χ1) is 9.41. The van der Waals surface area contributed by atoms with Crippen LogP contribution in [0, 0.1) is 10.1 Å². The van der Waals surface area contributed by atoms with Gasteiger partial charge in [0.15, 0.2) is 0 Å². The van der Waals surface area contributed by atoms with Crippen molar-refractivity contribution >= 4 is 29.3 Å². The molecule has 1 aliphatic rings. The number of nitro groups is 1. The van der Waals surface area contributed by atoms with Crippen LogP contribution in [0.3, 0.4) is 0 Å². The normalized spacial score (nSPS) is 21.8. The highest BCUT2D eigenvalue weighted by Crippen LogP contribution is 2.41. The monoisotopic (exact) mass is 295 g/mol. The summed E-state index contributed by atoms with van der Waals surface area (Å²) in [6, 6.07) is 4.76. The van der Waals surface area contributed by atoms with Gasteiger partial charge < -0.3 is 14.8 Å². The highest BCUT2D eigenvalue weighted by molar-refractivity contribution is 7.99. The maximum Gasteiger partial charge on any atom is 0.269 e. The summed E-state index contributed by atoms with van der Waals surface area (Å²) < 4.78 is 0. The topological polar surface area (TPSA) is 104 Å². The lowest BCUT2D eigenvalue weighted by Crippen LogP contribution is -2.48. The summed E-state index contributed by atoms with van der Waals surface area (Å²) in [5.74, 6) is -1.42. The number of thioether (sulfide) groups is 1. The fourth-order valence-electron chi connectivity index (χ4n) is 2.09. The number of nitrogens with zero attached hydrogens (tertiary/aromatic N) is 2. The van der Waals surface area contributed by atoms with Crippen LogP contribution in [0.15, 0.2) is 24.3 Å². The van der Waals surface area contributed by atoms with Gasteiger partial charge in [-0.3, -0.25) is 14.9 Å². The van der Waals surface area contributed by atoms with E-state index in [1.54, 1.807) is 0 Å². The SMILES string of the molecule is CC(=O)N1[C@@H](C(=O)[O-])CS[C@H]1c1ccc([N+](=O)[O-])cc1. The Bertz CT molecular complexity index is 559. The second-order valence-corrected chi connectivity index (χ2v) is 5.41. The van der Waals surface area contributed by atoms with Crippen molar-refractivity contribution in [2.24, 2.45) is 0 Å². The lowest BCUT2D eigenvalue weighted by molar-refractivity contribution is -0.384. The molecule has 1 saturated heterocycles. The highest BCUT2D eigenvalue weighted by Gasteiger charge is 2.37. The molecule has 0 aromatic heterocycles. The smallest absolute Gasteiger partial charge is 0.269 e. The zero-order valence-electron chi connectivity index (χ0n) is 10.5. The van der Waals surface area contributed by atoms with Gasteiger partial charge in [0.05, 0.1) is 16.9 Å². The van der Waals surface area contributed by atoms with Crippen molar-refractivity contribution in [3.05, 3.63) is 39.9 Å². The van der Waals surface area contributed by atoms with Gasteiger partial charge in [0, 0.05) is 24.8 Å². The summed E-state index contributed by atoms with van der Waals surface area (Å²) >= 11 is 1.30. The van der Waals surface area contributed by atoms with Crippen molar-refractivity contribution in [3.63, 3.8) is 0 Å². The zero-order valence-corrected chi connectivity index (χ0v) is 11.3. The minimum absolute atomic E-state index is 0.0532. The van der Waals surface area contributed by atoms with E-state index in [-0.39, 0.29) is 17.3 Å². The standard InChI is InChI=1S/C12H12N2O5S/c1-7(15)13-10(12(16)17)6-20-11(13)8-2-4-9(5-3-8)14(18)19/h2-5,10-11H,6H2,1H3,(H,16,17)/p-1/t10-,11+/m1/s1. The van der Waals surface area contributed by atoms with Gasteiger partial charge in [0.25, 0.3) is 5.69 Å². The van der Waals surface area contributed by atoms with Crippen molar-refractivity contribution in [1.82, 2.24) is 4.90 Å². The molecular formula is C12H11N2O5S-. The molecule has 0 bridgehead atoms. The molecular weight excluding hydrogens is 284 g/mol. The molecule has 1 amide bonds. The van der Waals surface area contributed by atoms with Crippen LogP contribution in [-0.2, 0) is 9.59 Å². The number of aliphatic carboxylic acids is 1. The van der Waals surface area contributed by atoms with Gasteiger partial charge in [-0.1, -0.05) is 0 Å². The zero-order chi connectivity index (χ0) is 14.9. The molecule has 2 atom stereocenters. The summed E-state index contributed by atoms with van der Waals surface area (Å²) in [6.45, 7) is 1.29. The van der Waals surface area contributed by atoms with Crippen LogP contribution in [-0.4, -0.2) is 33.5 Å². The third-order valence-electron chi connectivity index (χ3n) is 3.03. The van der Waals surface area contributed by atoms with Crippen LogP contribution in [0.5, 0.6) is 0 Å². The molecule has 0 N–H and O–H groups in total. The number of carboxylic acids is 1. The fraction of sp³-hybridized carbons (Fsp3) is 0.333. The Morgan fingerprint density at radius 2 is 1.95 bits per heavy atom. The minimum atomic E-state index is -1.29. The Hall–Kier alpha value is -2.09. The van der Waals surface area contributed by atoms with Crippen molar-refractivity contribution in [2.75, 3.05) is 5.75 Å². The predicted octanol–water partition coefficient (Wildman–Crippen LogP) is 0.307. The maximum atomic E-state index is 11.6. The third kappa shape index (κ3) is 2.60. The van der Waals surface area contributed by atoms with Crippen LogP contribution < -0.4 is 5.11 Å². The molecule has 7 nitrogen and oxygen atoms in total. The van der Waals surface area contributed by atoms with Crippen molar-refractivity contribution in [2.45, 2.75) is 18.3 Å². The molecule has 1 heterocycles. The van der Waals surface area contributed by atoms with Gasteiger partial charge >= 0.3 is 0 Å². The molecule has 0 unspecified atom stereocenters. The summed E-state index contributed by atoms with van der Waals surface area (Å²) in [6.07, 6.45) is 0. The Morgan fingerprint density at radius 1 is 1.35 bits per heavy atom. The fourth-order valence-corrected chi connectivity index (χ4v) is 3.56. The summed E-state index contributed by atoms with van der Waals surface area (Å²) in [4.78, 5) is 34.0. The van der Waals surface area contributed by atoms with Crippen LogP contribution >= 0.6 is 11.8 Å². The lowest BCUT2D eigenvalue weighted by Gasteiger charge is -2.28. The average molecular weight is 295 g/mol. The van der Waals surface area contributed by atoms with E-state index in [0.717, 1.165) is 0 Å². The summed E-state index contributed by atoms with van der Waals surface area (Å²) in [7, 11) is 0. The van der Waals surface area contributed by atoms with E-state index in [9.17, 15) is 24.8 Å². The molecule has 0 spiro atoms. The van der Waals surface area contributed by atoms with E-state index >= 15 is 0 Å². The average Bonchev–Trinajstić information content (AvgIpc) is 2.83. The number of carbonyl (C=O) groups is 2. The van der Waals surface area contributed by atoms with Gasteiger partial charge in [0.1, 0.15) is 5.37 Å². The number of nitro benzene ring substituents is 1. The molecule has 0 radical (unpaired) electrons. The molecule has 2 rings (SSSR count).